The molecule has 0 bridgehead atoms. The normalized spacial score (nSPS) is 10.7. The number of aromatic carboxylic acids is 1. The van der Waals surface area contributed by atoms with Crippen LogP contribution >= 0.6 is 0 Å². The molecule has 7 nitrogen and oxygen atoms in total. The molecule has 27 heavy (non-hydrogen) atoms. The van der Waals surface area contributed by atoms with Gasteiger partial charge >= 0.3 is 11.9 Å². The molecule has 2 aromatic rings. The van der Waals surface area contributed by atoms with Crippen LogP contribution in [0.25, 0.3) is 11.6 Å². The Labute approximate surface area is 155 Å². The first-order valence-electron chi connectivity index (χ1n) is 8.01. The fourth-order valence-electron chi connectivity index (χ4n) is 2.28. The number of carboxylic acid groups (broad SMARTS) is 2. The van der Waals surface area contributed by atoms with Crippen LogP contribution in [0.2, 0.25) is 0 Å². The highest BCUT2D eigenvalue weighted by atomic mass is 16.5. The van der Waals surface area contributed by atoms with Gasteiger partial charge in [0.05, 0.1) is 23.8 Å². The van der Waals surface area contributed by atoms with E-state index in [0.29, 0.717) is 34.8 Å². The van der Waals surface area contributed by atoms with Gasteiger partial charge in [0.15, 0.2) is 18.1 Å². The minimum absolute atomic E-state index is 0.134. The molecule has 2 aromatic carbocycles. The summed E-state index contributed by atoms with van der Waals surface area (Å²) in [7, 11) is 0. The van der Waals surface area contributed by atoms with E-state index >= 15 is 0 Å². The minimum Gasteiger partial charge on any atom is -0.490 e. The summed E-state index contributed by atoms with van der Waals surface area (Å²) in [5.41, 5.74) is 1.70. The van der Waals surface area contributed by atoms with Crippen molar-refractivity contribution < 1.29 is 29.3 Å². The number of carboxylic acids is 2. The third kappa shape index (κ3) is 5.34. The molecule has 0 unspecified atom stereocenters. The predicted molar refractivity (Wildman–Crippen MR) is 97.6 cm³/mol. The van der Waals surface area contributed by atoms with Crippen LogP contribution in [0.1, 0.15) is 28.4 Å². The summed E-state index contributed by atoms with van der Waals surface area (Å²) in [6.07, 6.45) is 1.62. The number of aliphatic carboxylic acids is 1. The molecule has 0 heterocycles. The van der Waals surface area contributed by atoms with Gasteiger partial charge in [0.25, 0.3) is 0 Å². The Morgan fingerprint density at radius 3 is 2.26 bits per heavy atom. The van der Waals surface area contributed by atoms with Crippen LogP contribution < -0.4 is 9.47 Å². The molecule has 2 rings (SSSR count). The van der Waals surface area contributed by atoms with Crippen LogP contribution in [-0.4, -0.2) is 35.4 Å². The van der Waals surface area contributed by atoms with Crippen LogP contribution in [0.5, 0.6) is 11.5 Å². The van der Waals surface area contributed by atoms with E-state index in [2.05, 4.69) is 6.07 Å². The van der Waals surface area contributed by atoms with E-state index in [1.807, 2.05) is 0 Å². The molecule has 0 radical (unpaired) electrons. The van der Waals surface area contributed by atoms with Gasteiger partial charge in [0.1, 0.15) is 0 Å². The third-order valence-corrected chi connectivity index (χ3v) is 3.49. The van der Waals surface area contributed by atoms with Crippen LogP contribution in [0, 0.1) is 11.3 Å². The average molecular weight is 367 g/mol. The fourth-order valence-corrected chi connectivity index (χ4v) is 2.28. The zero-order chi connectivity index (χ0) is 19.8. The van der Waals surface area contributed by atoms with E-state index in [0.717, 1.165) is 0 Å². The molecule has 0 fully saturated rings. The van der Waals surface area contributed by atoms with Crippen LogP contribution in [-0.2, 0) is 4.79 Å². The number of hydrogen-bond donors (Lipinski definition) is 2. The smallest absolute Gasteiger partial charge is 0.341 e. The molecule has 0 aliphatic heterocycles. The number of rotatable bonds is 8. The molecular formula is C20H17NO6. The highest BCUT2D eigenvalue weighted by Gasteiger charge is 2.10. The second kappa shape index (κ2) is 9.06. The summed E-state index contributed by atoms with van der Waals surface area (Å²) in [6, 6.07) is 12.9. The molecule has 2 N–H and O–H groups in total. The highest BCUT2D eigenvalue weighted by Crippen LogP contribution is 2.30. The highest BCUT2D eigenvalue weighted by molar-refractivity contribution is 5.92. The first-order valence-corrected chi connectivity index (χ1v) is 8.01. The SMILES string of the molecule is CCOc1cc(C=C(C#N)c2ccc(C(=O)O)cc2)ccc1OCC(=O)O. The average Bonchev–Trinajstić information content (AvgIpc) is 2.65. The van der Waals surface area contributed by atoms with Gasteiger partial charge in [0.2, 0.25) is 0 Å². The third-order valence-electron chi connectivity index (χ3n) is 3.49. The topological polar surface area (TPSA) is 117 Å². The first kappa shape index (κ1) is 19.5. The number of hydrogen-bond acceptors (Lipinski definition) is 5. The number of ether oxygens (including phenoxy) is 2. The Morgan fingerprint density at radius 2 is 1.70 bits per heavy atom. The Morgan fingerprint density at radius 1 is 1.04 bits per heavy atom. The van der Waals surface area contributed by atoms with Crippen LogP contribution in [0.4, 0.5) is 0 Å². The van der Waals surface area contributed by atoms with Crippen molar-refractivity contribution >= 4 is 23.6 Å². The van der Waals surface area contributed by atoms with E-state index in [1.54, 1.807) is 43.3 Å². The molecule has 0 saturated heterocycles. The number of nitrogens with zero attached hydrogens (tertiary/aromatic N) is 1. The summed E-state index contributed by atoms with van der Waals surface area (Å²) in [5.74, 6) is -1.48. The summed E-state index contributed by atoms with van der Waals surface area (Å²) in [4.78, 5) is 21.6. The summed E-state index contributed by atoms with van der Waals surface area (Å²) < 4.78 is 10.7. The lowest BCUT2D eigenvalue weighted by Gasteiger charge is -2.11. The van der Waals surface area contributed by atoms with Gasteiger partial charge in [-0.2, -0.15) is 5.26 Å². The number of allylic oxidation sites excluding steroid dienone is 1. The summed E-state index contributed by atoms with van der Waals surface area (Å²) in [6.45, 7) is 1.65. The van der Waals surface area contributed by atoms with Gasteiger partial charge < -0.3 is 19.7 Å². The van der Waals surface area contributed by atoms with E-state index in [-0.39, 0.29) is 5.56 Å². The van der Waals surface area contributed by atoms with Crippen molar-refractivity contribution in [2.24, 2.45) is 0 Å². The summed E-state index contributed by atoms with van der Waals surface area (Å²) >= 11 is 0. The number of nitriles is 1. The second-order valence-corrected chi connectivity index (χ2v) is 5.37. The molecule has 0 spiro atoms. The largest absolute Gasteiger partial charge is 0.490 e. The van der Waals surface area contributed by atoms with E-state index in [9.17, 15) is 14.9 Å². The van der Waals surface area contributed by atoms with Gasteiger partial charge in [-0.3, -0.25) is 0 Å². The van der Waals surface area contributed by atoms with Crippen molar-refractivity contribution in [3.8, 4) is 17.6 Å². The molecular weight excluding hydrogens is 350 g/mol. The van der Waals surface area contributed by atoms with Crippen molar-refractivity contribution in [1.82, 2.24) is 0 Å². The maximum Gasteiger partial charge on any atom is 0.341 e. The molecule has 0 amide bonds. The van der Waals surface area contributed by atoms with Crippen LogP contribution in [0.15, 0.2) is 42.5 Å². The quantitative estimate of drug-likeness (QED) is 0.543. The van der Waals surface area contributed by atoms with Crippen molar-refractivity contribution in [3.05, 3.63) is 59.2 Å². The summed E-state index contributed by atoms with van der Waals surface area (Å²) in [5, 5.41) is 27.1. The molecule has 7 heteroatoms. The number of benzene rings is 2. The zero-order valence-corrected chi connectivity index (χ0v) is 14.5. The molecule has 138 valence electrons. The van der Waals surface area contributed by atoms with Crippen molar-refractivity contribution in [1.29, 1.82) is 5.26 Å². The Balaban J connectivity index is 2.34. The maximum atomic E-state index is 10.9. The van der Waals surface area contributed by atoms with Crippen LogP contribution in [0.3, 0.4) is 0 Å². The van der Waals surface area contributed by atoms with Gasteiger partial charge in [-0.15, -0.1) is 0 Å². The molecule has 0 aliphatic rings. The van der Waals surface area contributed by atoms with Crippen molar-refractivity contribution in [3.63, 3.8) is 0 Å². The molecule has 0 aromatic heterocycles. The van der Waals surface area contributed by atoms with Gasteiger partial charge in [-0.25, -0.2) is 9.59 Å². The number of carbonyl (C=O) groups is 2. The van der Waals surface area contributed by atoms with Crippen molar-refractivity contribution in [2.75, 3.05) is 13.2 Å². The Bertz CT molecular complexity index is 909. The van der Waals surface area contributed by atoms with E-state index in [4.69, 9.17) is 19.7 Å². The Hall–Kier alpha value is -3.79. The van der Waals surface area contributed by atoms with E-state index in [1.165, 1.54) is 12.1 Å². The molecule has 0 aliphatic carbocycles. The standard InChI is InChI=1S/C20H17NO6/c1-2-26-18-10-13(3-8-17(18)27-12-19(22)23)9-16(11-21)14-4-6-15(7-5-14)20(24)25/h3-10H,2,12H2,1H3,(H,22,23)(H,24,25). The monoisotopic (exact) mass is 367 g/mol. The second-order valence-electron chi connectivity index (χ2n) is 5.37. The van der Waals surface area contributed by atoms with Gasteiger partial charge in [-0.1, -0.05) is 18.2 Å². The zero-order valence-electron chi connectivity index (χ0n) is 14.5. The maximum absolute atomic E-state index is 10.9. The predicted octanol–water partition coefficient (Wildman–Crippen LogP) is 3.31. The minimum atomic E-state index is -1.10. The van der Waals surface area contributed by atoms with E-state index < -0.39 is 18.5 Å². The fraction of sp³-hybridized carbons (Fsp3) is 0.150. The molecule has 0 atom stereocenters. The first-order chi connectivity index (χ1) is 12.9. The van der Waals surface area contributed by atoms with Crippen molar-refractivity contribution in [2.45, 2.75) is 6.92 Å². The van der Waals surface area contributed by atoms with Gasteiger partial charge in [-0.05, 0) is 48.4 Å². The lowest BCUT2D eigenvalue weighted by Crippen LogP contribution is -2.10. The lowest BCUT2D eigenvalue weighted by molar-refractivity contribution is -0.139. The Kier molecular flexibility index (Phi) is 6.55. The lowest BCUT2D eigenvalue weighted by atomic mass is 10.0. The molecule has 0 saturated carbocycles. The van der Waals surface area contributed by atoms with Gasteiger partial charge in [0, 0.05) is 0 Å².